The monoisotopic (exact) mass is 197 g/mol. The van der Waals surface area contributed by atoms with Gasteiger partial charge in [-0.15, -0.1) is 0 Å². The molecule has 0 amide bonds. The van der Waals surface area contributed by atoms with Gasteiger partial charge in [-0.2, -0.15) is 0 Å². The molecule has 1 aliphatic rings. The molecule has 14 heavy (non-hydrogen) atoms. The van der Waals surface area contributed by atoms with E-state index in [1.165, 1.54) is 24.3 Å². The maximum atomic E-state index is 13.6. The lowest BCUT2D eigenvalue weighted by Crippen LogP contribution is -2.42. The minimum absolute atomic E-state index is 0.314. The SMILES string of the molecule is Fc1ccc(C(F)CC2CNC2)cc1. The fourth-order valence-electron chi connectivity index (χ4n) is 1.62. The molecule has 2 rings (SSSR count). The third-order valence-electron chi connectivity index (χ3n) is 2.64. The average Bonchev–Trinajstić information content (AvgIpc) is 2.12. The van der Waals surface area contributed by atoms with Crippen LogP contribution in [0.3, 0.4) is 0 Å². The Balaban J connectivity index is 1.95. The van der Waals surface area contributed by atoms with Gasteiger partial charge in [0.2, 0.25) is 0 Å². The number of alkyl halides is 1. The topological polar surface area (TPSA) is 12.0 Å². The first-order valence-corrected chi connectivity index (χ1v) is 4.86. The summed E-state index contributed by atoms with van der Waals surface area (Å²) in [4.78, 5) is 0. The van der Waals surface area contributed by atoms with Crippen LogP contribution in [-0.2, 0) is 0 Å². The molecule has 0 radical (unpaired) electrons. The van der Waals surface area contributed by atoms with Crippen LogP contribution in [0.5, 0.6) is 0 Å². The minimum Gasteiger partial charge on any atom is -0.316 e. The van der Waals surface area contributed by atoms with Gasteiger partial charge in [-0.05, 0) is 43.1 Å². The fraction of sp³-hybridized carbons (Fsp3) is 0.455. The zero-order valence-corrected chi connectivity index (χ0v) is 7.84. The summed E-state index contributed by atoms with van der Waals surface area (Å²) in [6.07, 6.45) is -0.416. The molecule has 0 saturated carbocycles. The van der Waals surface area contributed by atoms with Crippen molar-refractivity contribution in [1.29, 1.82) is 0 Å². The smallest absolute Gasteiger partial charge is 0.125 e. The Morgan fingerprint density at radius 3 is 2.43 bits per heavy atom. The number of nitrogens with one attached hydrogen (secondary N) is 1. The van der Waals surface area contributed by atoms with Crippen LogP contribution in [0.4, 0.5) is 8.78 Å². The Labute approximate surface area is 82.1 Å². The third-order valence-corrected chi connectivity index (χ3v) is 2.64. The molecule has 76 valence electrons. The first-order chi connectivity index (χ1) is 6.75. The molecule has 1 unspecified atom stereocenters. The van der Waals surface area contributed by atoms with Gasteiger partial charge in [0.05, 0.1) is 0 Å². The average molecular weight is 197 g/mol. The molecule has 1 nitrogen and oxygen atoms in total. The van der Waals surface area contributed by atoms with Gasteiger partial charge in [0.15, 0.2) is 0 Å². The van der Waals surface area contributed by atoms with E-state index in [4.69, 9.17) is 0 Å². The van der Waals surface area contributed by atoms with E-state index in [0.29, 0.717) is 17.9 Å². The summed E-state index contributed by atoms with van der Waals surface area (Å²) in [5.74, 6) is 0.126. The van der Waals surface area contributed by atoms with E-state index in [2.05, 4.69) is 5.32 Å². The largest absolute Gasteiger partial charge is 0.316 e. The number of halogens is 2. The van der Waals surface area contributed by atoms with Crippen LogP contribution in [0.1, 0.15) is 18.2 Å². The van der Waals surface area contributed by atoms with E-state index in [9.17, 15) is 8.78 Å². The molecule has 1 saturated heterocycles. The highest BCUT2D eigenvalue weighted by atomic mass is 19.1. The van der Waals surface area contributed by atoms with Crippen molar-refractivity contribution in [3.8, 4) is 0 Å². The van der Waals surface area contributed by atoms with Crippen molar-refractivity contribution in [2.75, 3.05) is 13.1 Å². The van der Waals surface area contributed by atoms with Crippen molar-refractivity contribution in [3.63, 3.8) is 0 Å². The van der Waals surface area contributed by atoms with E-state index in [0.717, 1.165) is 13.1 Å². The Morgan fingerprint density at radius 1 is 1.29 bits per heavy atom. The lowest BCUT2D eigenvalue weighted by molar-refractivity contribution is 0.224. The zero-order chi connectivity index (χ0) is 9.97. The fourth-order valence-corrected chi connectivity index (χ4v) is 1.62. The van der Waals surface area contributed by atoms with Gasteiger partial charge in [-0.1, -0.05) is 12.1 Å². The van der Waals surface area contributed by atoms with Crippen LogP contribution in [0.15, 0.2) is 24.3 Å². The summed E-state index contributed by atoms with van der Waals surface area (Å²) >= 11 is 0. The molecule has 1 atom stereocenters. The predicted octanol–water partition coefficient (Wildman–Crippen LogP) is 2.45. The molecule has 1 aliphatic heterocycles. The first-order valence-electron chi connectivity index (χ1n) is 4.86. The lowest BCUT2D eigenvalue weighted by atomic mass is 9.93. The Bertz CT molecular complexity index is 293. The van der Waals surface area contributed by atoms with Gasteiger partial charge < -0.3 is 5.32 Å². The van der Waals surface area contributed by atoms with E-state index < -0.39 is 6.17 Å². The van der Waals surface area contributed by atoms with Crippen LogP contribution in [0.25, 0.3) is 0 Å². The van der Waals surface area contributed by atoms with Gasteiger partial charge in [0.1, 0.15) is 12.0 Å². The van der Waals surface area contributed by atoms with Crippen LogP contribution < -0.4 is 5.32 Å². The van der Waals surface area contributed by atoms with Crippen molar-refractivity contribution in [2.24, 2.45) is 5.92 Å². The van der Waals surface area contributed by atoms with Crippen molar-refractivity contribution in [3.05, 3.63) is 35.6 Å². The number of benzene rings is 1. The molecule has 0 aromatic heterocycles. The molecule has 0 spiro atoms. The van der Waals surface area contributed by atoms with E-state index in [1.807, 2.05) is 0 Å². The van der Waals surface area contributed by atoms with Crippen LogP contribution in [0.2, 0.25) is 0 Å². The summed E-state index contributed by atoms with van der Waals surface area (Å²) in [5.41, 5.74) is 0.582. The molecular weight excluding hydrogens is 184 g/mol. The maximum Gasteiger partial charge on any atom is 0.125 e. The predicted molar refractivity (Wildman–Crippen MR) is 51.2 cm³/mol. The van der Waals surface area contributed by atoms with Crippen molar-refractivity contribution < 1.29 is 8.78 Å². The molecule has 1 aromatic carbocycles. The molecule has 1 aromatic rings. The van der Waals surface area contributed by atoms with Gasteiger partial charge in [-0.3, -0.25) is 0 Å². The van der Waals surface area contributed by atoms with Crippen LogP contribution >= 0.6 is 0 Å². The van der Waals surface area contributed by atoms with Gasteiger partial charge in [-0.25, -0.2) is 8.78 Å². The number of rotatable bonds is 3. The van der Waals surface area contributed by atoms with Gasteiger partial charge in [0.25, 0.3) is 0 Å². The number of hydrogen-bond donors (Lipinski definition) is 1. The molecule has 3 heteroatoms. The highest BCUT2D eigenvalue weighted by molar-refractivity contribution is 5.18. The summed E-state index contributed by atoms with van der Waals surface area (Å²) in [7, 11) is 0. The van der Waals surface area contributed by atoms with Crippen molar-refractivity contribution in [1.82, 2.24) is 5.32 Å². The summed E-state index contributed by atoms with van der Waals surface area (Å²) in [5, 5.41) is 3.10. The molecular formula is C11H13F2N. The highest BCUT2D eigenvalue weighted by Crippen LogP contribution is 2.26. The molecule has 1 fully saturated rings. The molecule has 1 heterocycles. The van der Waals surface area contributed by atoms with Crippen molar-refractivity contribution >= 4 is 0 Å². The van der Waals surface area contributed by atoms with Crippen molar-refractivity contribution in [2.45, 2.75) is 12.6 Å². The molecule has 0 bridgehead atoms. The Kier molecular flexibility index (Phi) is 2.77. The summed E-state index contributed by atoms with van der Waals surface area (Å²) in [6, 6.07) is 5.65. The maximum absolute atomic E-state index is 13.6. The summed E-state index contributed by atoms with van der Waals surface area (Å²) < 4.78 is 26.1. The van der Waals surface area contributed by atoms with E-state index in [-0.39, 0.29) is 5.82 Å². The Morgan fingerprint density at radius 2 is 1.93 bits per heavy atom. The minimum atomic E-state index is -0.956. The normalized spacial score (nSPS) is 19.0. The van der Waals surface area contributed by atoms with E-state index in [1.54, 1.807) is 0 Å². The molecule has 1 N–H and O–H groups in total. The highest BCUT2D eigenvalue weighted by Gasteiger charge is 2.22. The quantitative estimate of drug-likeness (QED) is 0.784. The second-order valence-electron chi connectivity index (χ2n) is 3.78. The summed E-state index contributed by atoms with van der Waals surface area (Å²) in [6.45, 7) is 1.81. The van der Waals surface area contributed by atoms with Gasteiger partial charge in [0, 0.05) is 0 Å². The third kappa shape index (κ3) is 2.10. The van der Waals surface area contributed by atoms with E-state index >= 15 is 0 Å². The van der Waals surface area contributed by atoms with Gasteiger partial charge >= 0.3 is 0 Å². The number of hydrogen-bond acceptors (Lipinski definition) is 1. The Hall–Kier alpha value is -0.960. The molecule has 0 aliphatic carbocycles. The van der Waals surface area contributed by atoms with Crippen LogP contribution in [-0.4, -0.2) is 13.1 Å². The zero-order valence-electron chi connectivity index (χ0n) is 7.84. The van der Waals surface area contributed by atoms with Crippen LogP contribution in [0, 0.1) is 11.7 Å². The second kappa shape index (κ2) is 4.05. The first kappa shape index (κ1) is 9.59. The standard InChI is InChI=1S/C11H13F2N/c12-10-3-1-9(2-4-10)11(13)5-8-6-14-7-8/h1-4,8,11,14H,5-7H2. The lowest BCUT2D eigenvalue weighted by Gasteiger charge is -2.28. The second-order valence-corrected chi connectivity index (χ2v) is 3.78.